The minimum atomic E-state index is -0.840. The molecule has 5 heteroatoms. The number of aromatic nitrogens is 3. The molecule has 0 atom stereocenters. The van der Waals surface area contributed by atoms with Crippen molar-refractivity contribution in [2.75, 3.05) is 0 Å². The summed E-state index contributed by atoms with van der Waals surface area (Å²) in [5, 5.41) is 8.93. The molecule has 0 aliphatic rings. The quantitative estimate of drug-likeness (QED) is 0.620. The predicted octanol–water partition coefficient (Wildman–Crippen LogP) is 3.71. The second-order valence-electron chi connectivity index (χ2n) is 5.72. The molecule has 0 aliphatic heterocycles. The van der Waals surface area contributed by atoms with Crippen LogP contribution in [0.2, 0.25) is 0 Å². The van der Waals surface area contributed by atoms with Crippen LogP contribution in [-0.2, 0) is 11.2 Å². The van der Waals surface area contributed by atoms with E-state index in [9.17, 15) is 4.79 Å². The van der Waals surface area contributed by atoms with Crippen molar-refractivity contribution in [3.63, 3.8) is 0 Å². The smallest absolute Gasteiger partial charge is 0.307 e. The average Bonchev–Trinajstić information content (AvgIpc) is 3.02. The minimum Gasteiger partial charge on any atom is -0.481 e. The number of pyridine rings is 1. The standard InChI is InChI=1S/C20H15N3O2/c24-18(25)13-14-8-10-16(11-9-14)23-19(15-5-2-1-3-6-15)22-17-7-4-12-21-20(17)23/h1-12H,13H2,(H,24,25). The van der Waals surface area contributed by atoms with Crippen molar-refractivity contribution >= 4 is 17.1 Å². The molecule has 0 saturated heterocycles. The summed E-state index contributed by atoms with van der Waals surface area (Å²) >= 11 is 0. The molecule has 4 aromatic rings. The highest BCUT2D eigenvalue weighted by atomic mass is 16.4. The van der Waals surface area contributed by atoms with Gasteiger partial charge in [-0.1, -0.05) is 42.5 Å². The first-order valence-corrected chi connectivity index (χ1v) is 7.92. The van der Waals surface area contributed by atoms with Crippen molar-refractivity contribution < 1.29 is 9.90 Å². The molecule has 0 spiro atoms. The molecule has 0 aliphatic carbocycles. The largest absolute Gasteiger partial charge is 0.481 e. The van der Waals surface area contributed by atoms with Crippen LogP contribution in [0.4, 0.5) is 0 Å². The fourth-order valence-corrected chi connectivity index (χ4v) is 2.88. The van der Waals surface area contributed by atoms with E-state index in [1.54, 1.807) is 6.20 Å². The number of benzene rings is 2. The van der Waals surface area contributed by atoms with E-state index in [1.807, 2.05) is 71.3 Å². The molecule has 0 fully saturated rings. The molecule has 2 heterocycles. The Morgan fingerprint density at radius 2 is 1.72 bits per heavy atom. The van der Waals surface area contributed by atoms with Crippen LogP contribution in [-0.4, -0.2) is 25.6 Å². The lowest BCUT2D eigenvalue weighted by atomic mass is 10.1. The minimum absolute atomic E-state index is 0.00868. The van der Waals surface area contributed by atoms with Crippen molar-refractivity contribution in [1.29, 1.82) is 0 Å². The highest BCUT2D eigenvalue weighted by Crippen LogP contribution is 2.27. The maximum absolute atomic E-state index is 10.9. The van der Waals surface area contributed by atoms with Crippen LogP contribution in [0.15, 0.2) is 72.9 Å². The van der Waals surface area contributed by atoms with E-state index in [0.29, 0.717) is 0 Å². The van der Waals surface area contributed by atoms with Crippen molar-refractivity contribution in [3.05, 3.63) is 78.5 Å². The maximum Gasteiger partial charge on any atom is 0.307 e. The van der Waals surface area contributed by atoms with Gasteiger partial charge >= 0.3 is 5.97 Å². The molecular weight excluding hydrogens is 314 g/mol. The Bertz CT molecular complexity index is 1040. The first kappa shape index (κ1) is 15.1. The van der Waals surface area contributed by atoms with Crippen molar-refractivity contribution in [1.82, 2.24) is 14.5 Å². The Morgan fingerprint density at radius 1 is 0.960 bits per heavy atom. The molecule has 25 heavy (non-hydrogen) atoms. The third-order valence-corrected chi connectivity index (χ3v) is 4.00. The van der Waals surface area contributed by atoms with Gasteiger partial charge in [-0.05, 0) is 29.8 Å². The number of carboxylic acid groups (broad SMARTS) is 1. The number of nitrogens with zero attached hydrogens (tertiary/aromatic N) is 3. The first-order valence-electron chi connectivity index (χ1n) is 7.92. The third-order valence-electron chi connectivity index (χ3n) is 4.00. The van der Waals surface area contributed by atoms with E-state index in [-0.39, 0.29) is 6.42 Å². The van der Waals surface area contributed by atoms with Crippen LogP contribution in [0.3, 0.4) is 0 Å². The normalized spacial score (nSPS) is 10.9. The lowest BCUT2D eigenvalue weighted by Crippen LogP contribution is -2.02. The van der Waals surface area contributed by atoms with Crippen molar-refractivity contribution in [3.8, 4) is 17.1 Å². The summed E-state index contributed by atoms with van der Waals surface area (Å²) in [6.45, 7) is 0. The summed E-state index contributed by atoms with van der Waals surface area (Å²) in [5.41, 5.74) is 4.24. The SMILES string of the molecule is O=C(O)Cc1ccc(-n2c(-c3ccccc3)nc3cccnc32)cc1. The lowest BCUT2D eigenvalue weighted by Gasteiger charge is -2.09. The number of hydrogen-bond acceptors (Lipinski definition) is 3. The van der Waals surface area contributed by atoms with Gasteiger partial charge in [0.2, 0.25) is 0 Å². The van der Waals surface area contributed by atoms with Crippen LogP contribution in [0.1, 0.15) is 5.56 Å². The number of rotatable bonds is 4. The molecule has 122 valence electrons. The molecular formula is C20H15N3O2. The summed E-state index contributed by atoms with van der Waals surface area (Å²) in [4.78, 5) is 20.1. The number of carboxylic acids is 1. The number of hydrogen-bond donors (Lipinski definition) is 1. The third kappa shape index (κ3) is 2.87. The van der Waals surface area contributed by atoms with Gasteiger partial charge in [-0.15, -0.1) is 0 Å². The van der Waals surface area contributed by atoms with Gasteiger partial charge in [0.05, 0.1) is 6.42 Å². The lowest BCUT2D eigenvalue weighted by molar-refractivity contribution is -0.136. The molecule has 0 saturated carbocycles. The topological polar surface area (TPSA) is 68.0 Å². The van der Waals surface area contributed by atoms with Crippen LogP contribution < -0.4 is 0 Å². The van der Waals surface area contributed by atoms with E-state index in [4.69, 9.17) is 10.1 Å². The highest BCUT2D eigenvalue weighted by Gasteiger charge is 2.15. The number of aliphatic carboxylic acids is 1. The van der Waals surface area contributed by atoms with Gasteiger partial charge in [0, 0.05) is 17.4 Å². The van der Waals surface area contributed by atoms with Crippen LogP contribution in [0.5, 0.6) is 0 Å². The van der Waals surface area contributed by atoms with E-state index < -0.39 is 5.97 Å². The van der Waals surface area contributed by atoms with E-state index in [2.05, 4.69) is 4.98 Å². The fourth-order valence-electron chi connectivity index (χ4n) is 2.88. The van der Waals surface area contributed by atoms with Gasteiger partial charge in [0.25, 0.3) is 0 Å². The summed E-state index contributed by atoms with van der Waals surface area (Å²) in [7, 11) is 0. The van der Waals surface area contributed by atoms with Crippen LogP contribution in [0.25, 0.3) is 28.2 Å². The van der Waals surface area contributed by atoms with Gasteiger partial charge in [0.1, 0.15) is 11.3 Å². The number of imidazole rings is 1. The van der Waals surface area contributed by atoms with Gasteiger partial charge in [-0.25, -0.2) is 9.97 Å². The van der Waals surface area contributed by atoms with E-state index in [0.717, 1.165) is 33.8 Å². The Balaban J connectivity index is 1.89. The summed E-state index contributed by atoms with van der Waals surface area (Å²) in [6.07, 6.45) is 1.75. The van der Waals surface area contributed by atoms with Gasteiger partial charge in [-0.2, -0.15) is 0 Å². The number of fused-ring (bicyclic) bond motifs is 1. The summed E-state index contributed by atoms with van der Waals surface area (Å²) in [6, 6.07) is 21.2. The molecule has 0 bridgehead atoms. The zero-order valence-corrected chi connectivity index (χ0v) is 13.3. The van der Waals surface area contributed by atoms with Crippen molar-refractivity contribution in [2.24, 2.45) is 0 Å². The monoisotopic (exact) mass is 329 g/mol. The summed E-state index contributed by atoms with van der Waals surface area (Å²) in [5.74, 6) is -0.0345. The van der Waals surface area contributed by atoms with E-state index in [1.165, 1.54) is 0 Å². The Labute approximate surface area is 144 Å². The second kappa shape index (κ2) is 6.20. The zero-order chi connectivity index (χ0) is 17.2. The molecule has 1 N–H and O–H groups in total. The Kier molecular flexibility index (Phi) is 3.74. The van der Waals surface area contributed by atoms with Crippen molar-refractivity contribution in [2.45, 2.75) is 6.42 Å². The molecule has 0 unspecified atom stereocenters. The van der Waals surface area contributed by atoms with Crippen LogP contribution >= 0.6 is 0 Å². The molecule has 4 rings (SSSR count). The molecule has 0 radical (unpaired) electrons. The summed E-state index contributed by atoms with van der Waals surface area (Å²) < 4.78 is 2.00. The molecule has 0 amide bonds. The molecule has 5 nitrogen and oxygen atoms in total. The second-order valence-corrected chi connectivity index (χ2v) is 5.72. The van der Waals surface area contributed by atoms with E-state index >= 15 is 0 Å². The van der Waals surface area contributed by atoms with Gasteiger partial charge < -0.3 is 5.11 Å². The van der Waals surface area contributed by atoms with Gasteiger partial charge in [0.15, 0.2) is 5.65 Å². The first-order chi connectivity index (χ1) is 12.2. The number of carbonyl (C=O) groups is 1. The fraction of sp³-hybridized carbons (Fsp3) is 0.0500. The van der Waals surface area contributed by atoms with Gasteiger partial charge in [-0.3, -0.25) is 9.36 Å². The molecule has 2 aromatic heterocycles. The Morgan fingerprint density at radius 3 is 2.44 bits per heavy atom. The predicted molar refractivity (Wildman–Crippen MR) is 95.6 cm³/mol. The molecule has 2 aromatic carbocycles. The Hall–Kier alpha value is -3.47. The average molecular weight is 329 g/mol. The zero-order valence-electron chi connectivity index (χ0n) is 13.3. The van der Waals surface area contributed by atoms with Crippen LogP contribution in [0, 0.1) is 0 Å². The maximum atomic E-state index is 10.9. The highest BCUT2D eigenvalue weighted by molar-refractivity contribution is 5.80.